The lowest BCUT2D eigenvalue weighted by atomic mass is 9.82. The molecule has 0 amide bonds. The second kappa shape index (κ2) is 17.5. The zero-order valence-corrected chi connectivity index (χ0v) is 31.5. The molecule has 4 rings (SSSR count). The van der Waals surface area contributed by atoms with E-state index in [0.717, 1.165) is 0 Å². The van der Waals surface area contributed by atoms with Crippen molar-refractivity contribution in [2.24, 2.45) is 0 Å². The van der Waals surface area contributed by atoms with Gasteiger partial charge < -0.3 is 0 Å². The summed E-state index contributed by atoms with van der Waals surface area (Å²) in [4.78, 5) is 0. The van der Waals surface area contributed by atoms with E-state index in [-0.39, 0.29) is 0 Å². The van der Waals surface area contributed by atoms with Crippen LogP contribution in [0.2, 0.25) is 0 Å². The largest absolute Gasteiger partial charge is 0.0620 e. The fourth-order valence-corrected chi connectivity index (χ4v) is 6.68. The molecule has 0 saturated carbocycles. The maximum Gasteiger partial charge on any atom is -0.0122 e. The Morgan fingerprint density at radius 3 is 0.956 bits per heavy atom. The maximum absolute atomic E-state index is 2.31. The van der Waals surface area contributed by atoms with Gasteiger partial charge in [0.15, 0.2) is 0 Å². The first-order valence-electron chi connectivity index (χ1n) is 17.5. The zero-order valence-electron chi connectivity index (χ0n) is 31.5. The van der Waals surface area contributed by atoms with Gasteiger partial charge >= 0.3 is 0 Å². The standard InChI is InChI=1S/C21H28.2C12H18/c1-13(2)18-9-8-10-19(20(18)14(3)4)21-16(6)11-15(5)12-17(21)7;2*1-9(2)11-7-5-6-8-12(11)10(3)4/h8-14H,1-7H3;2*5-10H,1-4H3. The number of hydrogen-bond acceptors (Lipinski definition) is 0. The van der Waals surface area contributed by atoms with Crippen molar-refractivity contribution >= 4 is 0 Å². The van der Waals surface area contributed by atoms with E-state index in [1.54, 1.807) is 0 Å². The molecule has 0 nitrogen and oxygen atoms in total. The molecule has 0 aliphatic carbocycles. The molecule has 0 N–H and O–H groups in total. The van der Waals surface area contributed by atoms with Crippen LogP contribution in [0.4, 0.5) is 0 Å². The molecule has 4 aromatic rings. The van der Waals surface area contributed by atoms with Gasteiger partial charge in [-0.05, 0) is 112 Å². The van der Waals surface area contributed by atoms with Gasteiger partial charge in [-0.2, -0.15) is 0 Å². The van der Waals surface area contributed by atoms with Crippen molar-refractivity contribution in [1.29, 1.82) is 0 Å². The van der Waals surface area contributed by atoms with Gasteiger partial charge in [-0.3, -0.25) is 0 Å². The van der Waals surface area contributed by atoms with E-state index in [4.69, 9.17) is 0 Å². The average molecular weight is 605 g/mol. The Hall–Kier alpha value is -3.12. The normalized spacial score (nSPS) is 11.3. The van der Waals surface area contributed by atoms with Gasteiger partial charge in [-0.1, -0.05) is 168 Å². The Balaban J connectivity index is 0.000000252. The molecule has 0 radical (unpaired) electrons. The Bertz CT molecular complexity index is 1340. The summed E-state index contributed by atoms with van der Waals surface area (Å²) in [5, 5.41) is 0. The van der Waals surface area contributed by atoms with Crippen molar-refractivity contribution in [2.75, 3.05) is 0 Å². The summed E-state index contributed by atoms with van der Waals surface area (Å²) in [6, 6.07) is 28.9. The topological polar surface area (TPSA) is 0 Å². The van der Waals surface area contributed by atoms with Gasteiger partial charge in [-0.15, -0.1) is 0 Å². The fraction of sp³-hybridized carbons (Fsp3) is 0.467. The van der Waals surface area contributed by atoms with Gasteiger partial charge in [0.05, 0.1) is 0 Å². The Morgan fingerprint density at radius 1 is 0.356 bits per heavy atom. The molecule has 0 bridgehead atoms. The maximum atomic E-state index is 2.31. The quantitative estimate of drug-likeness (QED) is 0.197. The van der Waals surface area contributed by atoms with E-state index < -0.39 is 0 Å². The third-order valence-electron chi connectivity index (χ3n) is 8.77. The number of rotatable bonds is 7. The van der Waals surface area contributed by atoms with Crippen LogP contribution in [0.5, 0.6) is 0 Å². The third kappa shape index (κ3) is 10.5. The Morgan fingerprint density at radius 2 is 0.667 bits per heavy atom. The lowest BCUT2D eigenvalue weighted by Gasteiger charge is -2.23. The molecule has 0 heterocycles. The highest BCUT2D eigenvalue weighted by Gasteiger charge is 2.18. The summed E-state index contributed by atoms with van der Waals surface area (Å²) in [5.41, 5.74) is 15.9. The average Bonchev–Trinajstić information content (AvgIpc) is 2.97. The van der Waals surface area contributed by atoms with E-state index >= 15 is 0 Å². The van der Waals surface area contributed by atoms with Crippen molar-refractivity contribution in [3.63, 3.8) is 0 Å². The highest BCUT2D eigenvalue weighted by molar-refractivity contribution is 5.76. The van der Waals surface area contributed by atoms with Crippen molar-refractivity contribution in [3.05, 3.63) is 129 Å². The summed E-state index contributed by atoms with van der Waals surface area (Å²) in [6.45, 7) is 33.9. The minimum Gasteiger partial charge on any atom is -0.0620 e. The van der Waals surface area contributed by atoms with Crippen LogP contribution < -0.4 is 0 Å². The van der Waals surface area contributed by atoms with Crippen LogP contribution in [-0.2, 0) is 0 Å². The molecule has 0 aliphatic rings. The molecule has 0 spiro atoms. The molecular weight excluding hydrogens is 540 g/mol. The molecule has 0 fully saturated rings. The van der Waals surface area contributed by atoms with E-state index in [9.17, 15) is 0 Å². The van der Waals surface area contributed by atoms with E-state index in [1.807, 2.05) is 0 Å². The molecule has 0 atom stereocenters. The van der Waals surface area contributed by atoms with Crippen LogP contribution in [0, 0.1) is 20.8 Å². The summed E-state index contributed by atoms with van der Waals surface area (Å²) in [7, 11) is 0. The van der Waals surface area contributed by atoms with Crippen molar-refractivity contribution < 1.29 is 0 Å². The minimum atomic E-state index is 0.540. The third-order valence-corrected chi connectivity index (χ3v) is 8.77. The highest BCUT2D eigenvalue weighted by Crippen LogP contribution is 2.38. The summed E-state index contributed by atoms with van der Waals surface area (Å²) < 4.78 is 0. The van der Waals surface area contributed by atoms with E-state index in [0.29, 0.717) is 35.5 Å². The van der Waals surface area contributed by atoms with Gasteiger partial charge in [0.1, 0.15) is 0 Å². The first-order valence-corrected chi connectivity index (χ1v) is 17.5. The van der Waals surface area contributed by atoms with E-state index in [1.165, 1.54) is 61.2 Å². The Kier molecular flexibility index (Phi) is 14.8. The lowest BCUT2D eigenvalue weighted by Crippen LogP contribution is -2.03. The van der Waals surface area contributed by atoms with E-state index in [2.05, 4.69) is 183 Å². The van der Waals surface area contributed by atoms with Crippen molar-refractivity contribution in [2.45, 2.75) is 139 Å². The van der Waals surface area contributed by atoms with Crippen LogP contribution in [-0.4, -0.2) is 0 Å². The van der Waals surface area contributed by atoms with Gasteiger partial charge in [0.25, 0.3) is 0 Å². The number of benzene rings is 4. The van der Waals surface area contributed by atoms with Gasteiger partial charge in [0, 0.05) is 0 Å². The zero-order chi connectivity index (χ0) is 34.0. The lowest BCUT2D eigenvalue weighted by molar-refractivity contribution is 0.790. The van der Waals surface area contributed by atoms with Crippen LogP contribution in [0.1, 0.15) is 169 Å². The van der Waals surface area contributed by atoms with Gasteiger partial charge in [0.2, 0.25) is 0 Å². The molecular formula is C45H64. The molecule has 0 aliphatic heterocycles. The monoisotopic (exact) mass is 605 g/mol. The fourth-order valence-electron chi connectivity index (χ4n) is 6.68. The SMILES string of the molecule is CC(C)c1ccccc1C(C)C.CC(C)c1ccccc1C(C)C.Cc1cc(C)c(-c2cccc(C(C)C)c2C(C)C)c(C)c1. The second-order valence-electron chi connectivity index (χ2n) is 14.8. The molecule has 0 heteroatoms. The molecule has 244 valence electrons. The molecule has 4 aromatic carbocycles. The van der Waals surface area contributed by atoms with Crippen LogP contribution in [0.15, 0.2) is 78.9 Å². The van der Waals surface area contributed by atoms with Crippen LogP contribution in [0.25, 0.3) is 11.1 Å². The summed E-state index contributed by atoms with van der Waals surface area (Å²) >= 11 is 0. The second-order valence-corrected chi connectivity index (χ2v) is 14.8. The first kappa shape index (κ1) is 38.1. The first-order chi connectivity index (χ1) is 21.1. The molecule has 0 unspecified atom stereocenters. The highest BCUT2D eigenvalue weighted by atomic mass is 14.2. The Labute approximate surface area is 278 Å². The van der Waals surface area contributed by atoms with Crippen molar-refractivity contribution in [3.8, 4) is 11.1 Å². The van der Waals surface area contributed by atoms with Crippen LogP contribution >= 0.6 is 0 Å². The number of hydrogen-bond donors (Lipinski definition) is 0. The van der Waals surface area contributed by atoms with Gasteiger partial charge in [-0.25, -0.2) is 0 Å². The molecule has 45 heavy (non-hydrogen) atoms. The molecule has 0 aromatic heterocycles. The predicted molar refractivity (Wildman–Crippen MR) is 204 cm³/mol. The smallest absolute Gasteiger partial charge is 0.0122 e. The minimum absolute atomic E-state index is 0.540. The van der Waals surface area contributed by atoms with Crippen LogP contribution in [0.3, 0.4) is 0 Å². The number of aryl methyl sites for hydroxylation is 3. The van der Waals surface area contributed by atoms with Crippen molar-refractivity contribution in [1.82, 2.24) is 0 Å². The summed E-state index contributed by atoms with van der Waals surface area (Å²) in [5.74, 6) is 3.67. The summed E-state index contributed by atoms with van der Waals surface area (Å²) in [6.07, 6.45) is 0. The molecule has 0 saturated heterocycles. The predicted octanol–water partition coefficient (Wildman–Crippen LogP) is 14.4.